The van der Waals surface area contributed by atoms with Crippen LogP contribution in [0.2, 0.25) is 0 Å². The molecule has 0 aromatic rings. The van der Waals surface area contributed by atoms with E-state index < -0.39 is 8.03 Å². The Bertz CT molecular complexity index is 257. The molecule has 0 bridgehead atoms. The van der Waals surface area contributed by atoms with Gasteiger partial charge in [0.25, 0.3) is 0 Å². The van der Waals surface area contributed by atoms with Gasteiger partial charge in [-0.25, -0.2) is 0 Å². The molecule has 0 radical (unpaired) electrons. The average molecular weight is 338 g/mol. The van der Waals surface area contributed by atoms with Crippen LogP contribution in [0, 0.1) is 0 Å². The van der Waals surface area contributed by atoms with Gasteiger partial charge in [0, 0.05) is 0 Å². The van der Waals surface area contributed by atoms with E-state index in [0.29, 0.717) is 6.61 Å². The number of unbranched alkanes of at least 4 members (excludes halogenated alkanes) is 8. The first-order valence-electron chi connectivity index (χ1n) is 8.44. The molecule has 0 rings (SSSR count). The fraction of sp³-hybridized carbons (Fsp3) is 1.00. The van der Waals surface area contributed by atoms with Gasteiger partial charge in [0.15, 0.2) is 12.8 Å². The van der Waals surface area contributed by atoms with Crippen molar-refractivity contribution in [2.24, 2.45) is 0 Å². The van der Waals surface area contributed by atoms with Crippen molar-refractivity contribution >= 4 is 20.7 Å². The number of thiol groups is 1. The first-order chi connectivity index (χ1) is 9.95. The molecule has 1 atom stereocenters. The number of hydrogen-bond acceptors (Lipinski definition) is 3. The standard InChI is InChI=1S/C16H35NO2PS/c1-17(2,3)13-14-19-20(18)15-11-9-7-5-4-6-8-10-12-16-21/h4-16H2,1-3H3/q+1/p+1. The number of hydrogen-bond donors (Lipinski definition) is 1. The maximum atomic E-state index is 11.7. The summed E-state index contributed by atoms with van der Waals surface area (Å²) in [6, 6.07) is 0. The van der Waals surface area contributed by atoms with Gasteiger partial charge in [0.2, 0.25) is 0 Å². The molecule has 0 aliphatic heterocycles. The maximum absolute atomic E-state index is 11.7. The fourth-order valence-electron chi connectivity index (χ4n) is 2.07. The molecule has 0 heterocycles. The minimum atomic E-state index is -1.44. The van der Waals surface area contributed by atoms with Gasteiger partial charge in [-0.2, -0.15) is 12.6 Å². The Kier molecular flexibility index (Phi) is 14.2. The minimum Gasteiger partial charge on any atom is -0.329 e. The van der Waals surface area contributed by atoms with Gasteiger partial charge in [-0.1, -0.05) is 38.5 Å². The molecule has 0 spiro atoms. The molecular weight excluding hydrogens is 301 g/mol. The fourth-order valence-corrected chi connectivity index (χ4v) is 3.19. The van der Waals surface area contributed by atoms with Gasteiger partial charge in [-0.05, 0) is 29.6 Å². The summed E-state index contributed by atoms with van der Waals surface area (Å²) in [5, 5.41) is 0. The van der Waals surface area contributed by atoms with Crippen molar-refractivity contribution < 1.29 is 13.6 Å². The van der Waals surface area contributed by atoms with E-state index in [1.807, 2.05) is 0 Å². The van der Waals surface area contributed by atoms with E-state index >= 15 is 0 Å². The van der Waals surface area contributed by atoms with Gasteiger partial charge in [-0.3, -0.25) is 0 Å². The zero-order chi connectivity index (χ0) is 16.0. The summed E-state index contributed by atoms with van der Waals surface area (Å²) in [6.07, 6.45) is 12.2. The Balaban J connectivity index is 3.22. The molecular formula is C16H36NO2PS+2. The Morgan fingerprint density at radius 2 is 1.33 bits per heavy atom. The van der Waals surface area contributed by atoms with Gasteiger partial charge in [0.1, 0.15) is 6.54 Å². The first-order valence-corrected chi connectivity index (χ1v) is 10.4. The zero-order valence-corrected chi connectivity index (χ0v) is 16.1. The summed E-state index contributed by atoms with van der Waals surface area (Å²) in [5.74, 6) is 1.02. The van der Waals surface area contributed by atoms with E-state index in [1.165, 1.54) is 51.4 Å². The van der Waals surface area contributed by atoms with E-state index in [2.05, 4.69) is 33.8 Å². The molecule has 0 aliphatic carbocycles. The van der Waals surface area contributed by atoms with E-state index in [4.69, 9.17) is 4.52 Å². The normalized spacial score (nSPS) is 12.7. The molecule has 0 aromatic heterocycles. The lowest BCUT2D eigenvalue weighted by atomic mass is 10.1. The van der Waals surface area contributed by atoms with E-state index in [-0.39, 0.29) is 0 Å². The van der Waals surface area contributed by atoms with Crippen LogP contribution in [0.3, 0.4) is 0 Å². The van der Waals surface area contributed by atoms with E-state index in [0.717, 1.165) is 29.4 Å². The molecule has 21 heavy (non-hydrogen) atoms. The summed E-state index contributed by atoms with van der Waals surface area (Å²) in [4.78, 5) is 0. The molecule has 5 heteroatoms. The SMILES string of the molecule is C[N+](C)(C)CCO[P+](=O)CCCCCCCCCCCS. The molecule has 126 valence electrons. The predicted molar refractivity (Wildman–Crippen MR) is 96.7 cm³/mol. The largest absolute Gasteiger partial charge is 0.508 e. The maximum Gasteiger partial charge on any atom is 0.508 e. The zero-order valence-electron chi connectivity index (χ0n) is 14.4. The van der Waals surface area contributed by atoms with Crippen LogP contribution in [0.5, 0.6) is 0 Å². The van der Waals surface area contributed by atoms with Gasteiger partial charge >= 0.3 is 8.03 Å². The van der Waals surface area contributed by atoms with Crippen molar-refractivity contribution in [3.63, 3.8) is 0 Å². The Hall–Kier alpha value is 0.370. The third-order valence-corrected chi connectivity index (χ3v) is 4.96. The molecule has 0 fully saturated rings. The highest BCUT2D eigenvalue weighted by atomic mass is 32.1. The molecule has 0 aromatic carbocycles. The minimum absolute atomic E-state index is 0.602. The number of rotatable bonds is 15. The van der Waals surface area contributed by atoms with Crippen LogP contribution < -0.4 is 0 Å². The number of quaternary nitrogens is 1. The van der Waals surface area contributed by atoms with Crippen molar-refractivity contribution in [1.29, 1.82) is 0 Å². The lowest BCUT2D eigenvalue weighted by molar-refractivity contribution is -0.870. The average Bonchev–Trinajstić information content (AvgIpc) is 2.39. The van der Waals surface area contributed by atoms with Gasteiger partial charge in [0.05, 0.1) is 21.1 Å². The Morgan fingerprint density at radius 1 is 0.857 bits per heavy atom. The summed E-state index contributed by atoms with van der Waals surface area (Å²) < 4.78 is 17.9. The second-order valence-electron chi connectivity index (χ2n) is 6.81. The van der Waals surface area contributed by atoms with Crippen LogP contribution in [0.1, 0.15) is 57.8 Å². The smallest absolute Gasteiger partial charge is 0.329 e. The lowest BCUT2D eigenvalue weighted by Gasteiger charge is -2.21. The van der Waals surface area contributed by atoms with Gasteiger partial charge < -0.3 is 4.48 Å². The quantitative estimate of drug-likeness (QED) is 0.199. The monoisotopic (exact) mass is 337 g/mol. The third-order valence-electron chi connectivity index (χ3n) is 3.50. The molecule has 0 amide bonds. The highest BCUT2D eigenvalue weighted by molar-refractivity contribution is 7.80. The summed E-state index contributed by atoms with van der Waals surface area (Å²) in [7, 11) is 4.92. The van der Waals surface area contributed by atoms with E-state index in [1.54, 1.807) is 0 Å². The first kappa shape index (κ1) is 21.4. The third kappa shape index (κ3) is 18.3. The summed E-state index contributed by atoms with van der Waals surface area (Å²) in [5.41, 5.74) is 0. The highest BCUT2D eigenvalue weighted by Crippen LogP contribution is 2.24. The second-order valence-corrected chi connectivity index (χ2v) is 8.63. The van der Waals surface area contributed by atoms with Crippen molar-refractivity contribution in [3.8, 4) is 0 Å². The van der Waals surface area contributed by atoms with Crippen LogP contribution in [-0.4, -0.2) is 50.7 Å². The van der Waals surface area contributed by atoms with Crippen LogP contribution in [0.4, 0.5) is 0 Å². The van der Waals surface area contributed by atoms with Crippen LogP contribution in [0.15, 0.2) is 0 Å². The molecule has 0 aliphatic rings. The highest BCUT2D eigenvalue weighted by Gasteiger charge is 2.18. The molecule has 0 saturated heterocycles. The van der Waals surface area contributed by atoms with Gasteiger partial charge in [-0.15, -0.1) is 4.52 Å². The van der Waals surface area contributed by atoms with Crippen LogP contribution in [-0.2, 0) is 9.09 Å². The summed E-state index contributed by atoms with van der Waals surface area (Å²) >= 11 is 4.22. The number of nitrogens with zero attached hydrogens (tertiary/aromatic N) is 1. The van der Waals surface area contributed by atoms with Crippen LogP contribution >= 0.6 is 20.7 Å². The molecule has 0 saturated carbocycles. The Morgan fingerprint density at radius 3 is 1.81 bits per heavy atom. The lowest BCUT2D eigenvalue weighted by Crippen LogP contribution is -2.37. The summed E-state index contributed by atoms with van der Waals surface area (Å²) in [6.45, 7) is 1.51. The van der Waals surface area contributed by atoms with Crippen molar-refractivity contribution in [2.45, 2.75) is 57.8 Å². The van der Waals surface area contributed by atoms with Crippen molar-refractivity contribution in [3.05, 3.63) is 0 Å². The van der Waals surface area contributed by atoms with E-state index in [9.17, 15) is 4.57 Å². The van der Waals surface area contributed by atoms with Crippen LogP contribution in [0.25, 0.3) is 0 Å². The topological polar surface area (TPSA) is 26.3 Å². The molecule has 0 N–H and O–H groups in total. The van der Waals surface area contributed by atoms with Crippen molar-refractivity contribution in [1.82, 2.24) is 0 Å². The Labute approximate surface area is 138 Å². The molecule has 1 unspecified atom stereocenters. The van der Waals surface area contributed by atoms with Crippen molar-refractivity contribution in [2.75, 3.05) is 46.2 Å². The second kappa shape index (κ2) is 14.0. The molecule has 3 nitrogen and oxygen atoms in total. The number of likely N-dealkylation sites (N-methyl/N-ethyl adjacent to an activating group) is 1. The predicted octanol–water partition coefficient (Wildman–Crippen LogP) is 4.89.